The van der Waals surface area contributed by atoms with Crippen LogP contribution < -0.4 is 5.43 Å². The van der Waals surface area contributed by atoms with Crippen molar-refractivity contribution < 1.29 is 4.79 Å². The molecular weight excluding hydrogens is 328 g/mol. The second-order valence-corrected chi connectivity index (χ2v) is 6.46. The summed E-state index contributed by atoms with van der Waals surface area (Å²) in [5.41, 5.74) is 9.42. The molecule has 4 rings (SSSR count). The molecule has 0 fully saturated rings. The zero-order valence-corrected chi connectivity index (χ0v) is 15.0. The van der Waals surface area contributed by atoms with Crippen molar-refractivity contribution in [2.24, 2.45) is 0 Å². The zero-order chi connectivity index (χ0) is 18.3. The number of para-hydroxylation sites is 2. The Kier molecular flexibility index (Phi) is 3.91. The number of amides is 1. The fraction of sp³-hybridized carbons (Fsp3) is 0.263. The maximum Gasteiger partial charge on any atom is 0.239 e. The summed E-state index contributed by atoms with van der Waals surface area (Å²) >= 11 is 0. The number of nitrogens with zero attached hydrogens (tertiary/aromatic N) is 5. The molecule has 3 aromatic heterocycles. The molecule has 7 heteroatoms. The van der Waals surface area contributed by atoms with Crippen LogP contribution in [0.5, 0.6) is 0 Å². The van der Waals surface area contributed by atoms with E-state index in [4.69, 9.17) is 0 Å². The first-order valence-corrected chi connectivity index (χ1v) is 8.57. The molecule has 1 N–H and O–H groups in total. The molecule has 0 bridgehead atoms. The molecule has 0 saturated heterocycles. The lowest BCUT2D eigenvalue weighted by Crippen LogP contribution is -2.22. The Bertz CT molecular complexity index is 1120. The normalized spacial score (nSPS) is 11.3. The van der Waals surface area contributed by atoms with E-state index in [1.807, 2.05) is 55.6 Å². The summed E-state index contributed by atoms with van der Waals surface area (Å²) in [5, 5.41) is 4.48. The van der Waals surface area contributed by atoms with Gasteiger partial charge in [-0.15, -0.1) is 0 Å². The van der Waals surface area contributed by atoms with Crippen molar-refractivity contribution in [1.29, 1.82) is 0 Å². The molecule has 0 atom stereocenters. The van der Waals surface area contributed by atoms with Crippen molar-refractivity contribution in [3.63, 3.8) is 0 Å². The molecule has 7 nitrogen and oxygen atoms in total. The molecule has 132 valence electrons. The number of aromatic nitrogens is 5. The molecule has 1 amide bonds. The molecule has 0 aliphatic carbocycles. The highest BCUT2D eigenvalue weighted by Crippen LogP contribution is 2.17. The maximum absolute atomic E-state index is 12.4. The number of rotatable bonds is 4. The van der Waals surface area contributed by atoms with Crippen molar-refractivity contribution in [2.45, 2.75) is 33.6 Å². The molecule has 0 spiro atoms. The minimum Gasteiger partial charge on any atom is -0.273 e. The van der Waals surface area contributed by atoms with Gasteiger partial charge in [0.15, 0.2) is 5.65 Å². The Balaban J connectivity index is 1.52. The van der Waals surface area contributed by atoms with Crippen LogP contribution in [-0.2, 0) is 11.2 Å². The highest BCUT2D eigenvalue weighted by Gasteiger charge is 2.13. The van der Waals surface area contributed by atoms with Crippen molar-refractivity contribution in [3.8, 4) is 0 Å². The van der Waals surface area contributed by atoms with Crippen molar-refractivity contribution in [3.05, 3.63) is 59.3 Å². The third kappa shape index (κ3) is 2.81. The predicted octanol–water partition coefficient (Wildman–Crippen LogP) is 2.71. The minimum absolute atomic E-state index is 0.0660. The number of imidazole rings is 1. The number of benzene rings is 1. The largest absolute Gasteiger partial charge is 0.273 e. The fourth-order valence-corrected chi connectivity index (χ4v) is 3.28. The van der Waals surface area contributed by atoms with Crippen molar-refractivity contribution in [2.75, 3.05) is 5.43 Å². The fourth-order valence-electron chi connectivity index (χ4n) is 3.28. The average molecular weight is 348 g/mol. The van der Waals surface area contributed by atoms with E-state index in [2.05, 4.69) is 20.5 Å². The van der Waals surface area contributed by atoms with Gasteiger partial charge in [0.25, 0.3) is 0 Å². The Labute approximate surface area is 150 Å². The molecule has 1 aromatic carbocycles. The standard InChI is InChI=1S/C19H20N6O/c1-12-10-18-21-13(2)15(14(3)25(18)22-12)8-9-19(26)23-24-11-20-16-6-4-5-7-17(16)24/h4-7,10-11H,8-9H2,1-3H3,(H,23,26). The molecule has 4 aromatic rings. The van der Waals surface area contributed by atoms with Crippen molar-refractivity contribution in [1.82, 2.24) is 24.3 Å². The van der Waals surface area contributed by atoms with Crippen LogP contribution in [0.15, 0.2) is 36.7 Å². The lowest BCUT2D eigenvalue weighted by atomic mass is 10.1. The van der Waals surface area contributed by atoms with E-state index in [1.165, 1.54) is 0 Å². The third-order valence-corrected chi connectivity index (χ3v) is 4.59. The van der Waals surface area contributed by atoms with Gasteiger partial charge in [0.05, 0.1) is 16.7 Å². The summed E-state index contributed by atoms with van der Waals surface area (Å²) in [6.45, 7) is 5.95. The number of carbonyl (C=O) groups is 1. The Hall–Kier alpha value is -3.22. The summed E-state index contributed by atoms with van der Waals surface area (Å²) in [7, 11) is 0. The lowest BCUT2D eigenvalue weighted by Gasteiger charge is -2.11. The van der Waals surface area contributed by atoms with E-state index >= 15 is 0 Å². The van der Waals surface area contributed by atoms with Gasteiger partial charge in [0, 0.05) is 23.9 Å². The van der Waals surface area contributed by atoms with Gasteiger partial charge in [-0.3, -0.25) is 10.2 Å². The van der Waals surface area contributed by atoms with Crippen LogP contribution in [0, 0.1) is 20.8 Å². The number of hydrogen-bond donors (Lipinski definition) is 1. The van der Waals surface area contributed by atoms with Gasteiger partial charge in [0.2, 0.25) is 5.91 Å². The van der Waals surface area contributed by atoms with Crippen LogP contribution in [0.1, 0.15) is 29.1 Å². The van der Waals surface area contributed by atoms with Gasteiger partial charge in [0.1, 0.15) is 6.33 Å². The summed E-state index contributed by atoms with van der Waals surface area (Å²) in [4.78, 5) is 21.3. The van der Waals surface area contributed by atoms with Gasteiger partial charge < -0.3 is 0 Å². The maximum atomic E-state index is 12.4. The van der Waals surface area contributed by atoms with Crippen LogP contribution >= 0.6 is 0 Å². The number of aryl methyl sites for hydroxylation is 3. The topological polar surface area (TPSA) is 77.1 Å². The Morgan fingerprint density at radius 3 is 2.85 bits per heavy atom. The SMILES string of the molecule is Cc1cc2nc(C)c(CCC(=O)Nn3cnc4ccccc43)c(C)n2n1. The molecule has 0 aliphatic rings. The van der Waals surface area contributed by atoms with E-state index < -0.39 is 0 Å². The second-order valence-electron chi connectivity index (χ2n) is 6.46. The second kappa shape index (κ2) is 6.25. The number of hydrogen-bond acceptors (Lipinski definition) is 4. The highest BCUT2D eigenvalue weighted by molar-refractivity contribution is 5.86. The summed E-state index contributed by atoms with van der Waals surface area (Å²) < 4.78 is 3.51. The third-order valence-electron chi connectivity index (χ3n) is 4.59. The zero-order valence-electron chi connectivity index (χ0n) is 15.0. The molecule has 26 heavy (non-hydrogen) atoms. The van der Waals surface area contributed by atoms with E-state index in [9.17, 15) is 4.79 Å². The first kappa shape index (κ1) is 16.3. The van der Waals surface area contributed by atoms with E-state index in [0.29, 0.717) is 12.8 Å². The average Bonchev–Trinajstić information content (AvgIpc) is 3.18. The Morgan fingerprint density at radius 2 is 2.00 bits per heavy atom. The van der Waals surface area contributed by atoms with Gasteiger partial charge in [-0.25, -0.2) is 19.2 Å². The molecule has 0 radical (unpaired) electrons. The molecule has 0 saturated carbocycles. The van der Waals surface area contributed by atoms with Crippen LogP contribution in [-0.4, -0.2) is 30.2 Å². The van der Waals surface area contributed by atoms with Gasteiger partial charge >= 0.3 is 0 Å². The summed E-state index contributed by atoms with van der Waals surface area (Å²) in [5.74, 6) is -0.0660. The van der Waals surface area contributed by atoms with Crippen LogP contribution in [0.2, 0.25) is 0 Å². The minimum atomic E-state index is -0.0660. The molecule has 0 aliphatic heterocycles. The van der Waals surface area contributed by atoms with Gasteiger partial charge in [-0.05, 0) is 44.9 Å². The molecular formula is C19H20N6O. The van der Waals surface area contributed by atoms with Crippen LogP contribution in [0.25, 0.3) is 16.7 Å². The molecule has 0 unspecified atom stereocenters. The number of nitrogens with one attached hydrogen (secondary N) is 1. The smallest absolute Gasteiger partial charge is 0.239 e. The monoisotopic (exact) mass is 348 g/mol. The Morgan fingerprint density at radius 1 is 1.19 bits per heavy atom. The van der Waals surface area contributed by atoms with E-state index in [-0.39, 0.29) is 5.91 Å². The van der Waals surface area contributed by atoms with E-state index in [0.717, 1.165) is 39.3 Å². The van der Waals surface area contributed by atoms with Crippen LogP contribution in [0.3, 0.4) is 0 Å². The summed E-state index contributed by atoms with van der Waals surface area (Å²) in [6.07, 6.45) is 2.60. The van der Waals surface area contributed by atoms with Gasteiger partial charge in [-0.1, -0.05) is 12.1 Å². The van der Waals surface area contributed by atoms with E-state index in [1.54, 1.807) is 11.0 Å². The quantitative estimate of drug-likeness (QED) is 0.615. The first-order chi connectivity index (χ1) is 12.5. The first-order valence-electron chi connectivity index (χ1n) is 8.57. The number of carbonyl (C=O) groups excluding carboxylic acids is 1. The number of fused-ring (bicyclic) bond motifs is 2. The lowest BCUT2D eigenvalue weighted by molar-refractivity contribution is -0.117. The molecule has 3 heterocycles. The summed E-state index contributed by atoms with van der Waals surface area (Å²) in [6, 6.07) is 9.65. The van der Waals surface area contributed by atoms with Crippen LogP contribution in [0.4, 0.5) is 0 Å². The highest BCUT2D eigenvalue weighted by atomic mass is 16.2. The van der Waals surface area contributed by atoms with Gasteiger partial charge in [-0.2, -0.15) is 5.10 Å². The van der Waals surface area contributed by atoms with Crippen molar-refractivity contribution >= 4 is 22.6 Å². The predicted molar refractivity (Wildman–Crippen MR) is 99.6 cm³/mol.